The van der Waals surface area contributed by atoms with Gasteiger partial charge in [0.2, 0.25) is 0 Å². The molecule has 66 valence electrons. The van der Waals surface area contributed by atoms with Crippen molar-refractivity contribution < 1.29 is 0 Å². The number of thiocarbonyl (C=S) groups is 1. The molecule has 0 aliphatic carbocycles. The van der Waals surface area contributed by atoms with Gasteiger partial charge in [0.15, 0.2) is 12.1 Å². The third kappa shape index (κ3) is 0.831. The van der Waals surface area contributed by atoms with Crippen molar-refractivity contribution in [2.45, 2.75) is 6.29 Å². The Labute approximate surface area is 79.9 Å². The van der Waals surface area contributed by atoms with Crippen LogP contribution in [-0.4, -0.2) is 34.0 Å². The molecule has 3 heterocycles. The number of H-pyrrole nitrogens is 1. The highest BCUT2D eigenvalue weighted by atomic mass is 32.1. The Morgan fingerprint density at radius 3 is 3.46 bits per heavy atom. The summed E-state index contributed by atoms with van der Waals surface area (Å²) in [6.07, 6.45) is 3.46. The van der Waals surface area contributed by atoms with Crippen LogP contribution < -0.4 is 10.2 Å². The van der Waals surface area contributed by atoms with E-state index in [9.17, 15) is 0 Å². The SMILES string of the molecule is S=C1NC2N=CCN2c2nc[nH]c21. The molecule has 2 aliphatic heterocycles. The van der Waals surface area contributed by atoms with Crippen molar-refractivity contribution in [2.24, 2.45) is 4.99 Å². The number of hydrogen-bond donors (Lipinski definition) is 2. The van der Waals surface area contributed by atoms with E-state index in [0.29, 0.717) is 4.99 Å². The van der Waals surface area contributed by atoms with Gasteiger partial charge in [0, 0.05) is 6.21 Å². The van der Waals surface area contributed by atoms with E-state index in [-0.39, 0.29) is 6.29 Å². The molecule has 5 nitrogen and oxygen atoms in total. The lowest BCUT2D eigenvalue weighted by molar-refractivity contribution is 0.626. The summed E-state index contributed by atoms with van der Waals surface area (Å²) in [5, 5.41) is 3.11. The van der Waals surface area contributed by atoms with Crippen LogP contribution in [0.1, 0.15) is 5.69 Å². The van der Waals surface area contributed by atoms with Crippen molar-refractivity contribution >= 4 is 29.2 Å². The molecule has 0 amide bonds. The highest BCUT2D eigenvalue weighted by molar-refractivity contribution is 7.80. The normalized spacial score (nSPS) is 24.2. The lowest BCUT2D eigenvalue weighted by atomic mass is 10.3. The number of rotatable bonds is 0. The smallest absolute Gasteiger partial charge is 0.198 e. The number of aliphatic imine (C=N–C) groups is 1. The molecule has 0 saturated heterocycles. The average molecular weight is 193 g/mol. The van der Waals surface area contributed by atoms with Crippen LogP contribution in [0.3, 0.4) is 0 Å². The summed E-state index contributed by atoms with van der Waals surface area (Å²) in [7, 11) is 0. The number of aromatic amines is 1. The fourth-order valence-corrected chi connectivity index (χ4v) is 1.85. The highest BCUT2D eigenvalue weighted by Gasteiger charge is 2.32. The molecule has 3 rings (SSSR count). The molecule has 1 unspecified atom stereocenters. The van der Waals surface area contributed by atoms with Gasteiger partial charge >= 0.3 is 0 Å². The van der Waals surface area contributed by atoms with E-state index in [1.807, 2.05) is 6.21 Å². The first kappa shape index (κ1) is 7.02. The number of aromatic nitrogens is 2. The van der Waals surface area contributed by atoms with Gasteiger partial charge in [-0.1, -0.05) is 12.2 Å². The van der Waals surface area contributed by atoms with Gasteiger partial charge in [0.25, 0.3) is 0 Å². The van der Waals surface area contributed by atoms with Crippen molar-refractivity contribution in [1.29, 1.82) is 0 Å². The van der Waals surface area contributed by atoms with Gasteiger partial charge < -0.3 is 15.2 Å². The fourth-order valence-electron chi connectivity index (χ4n) is 1.59. The maximum Gasteiger partial charge on any atom is 0.198 e. The summed E-state index contributed by atoms with van der Waals surface area (Å²) in [5.74, 6) is 0.895. The van der Waals surface area contributed by atoms with E-state index in [2.05, 4.69) is 25.2 Å². The Hall–Kier alpha value is -1.43. The molecule has 2 N–H and O–H groups in total. The zero-order valence-corrected chi connectivity index (χ0v) is 7.51. The quantitative estimate of drug-likeness (QED) is 0.563. The molecule has 6 heteroatoms. The van der Waals surface area contributed by atoms with E-state index in [1.54, 1.807) is 6.33 Å². The number of imidazole rings is 1. The summed E-state index contributed by atoms with van der Waals surface area (Å²) < 4.78 is 0. The summed E-state index contributed by atoms with van der Waals surface area (Å²) in [6.45, 7) is 0.790. The molecule has 0 saturated carbocycles. The van der Waals surface area contributed by atoms with E-state index < -0.39 is 0 Å². The lowest BCUT2D eigenvalue weighted by Crippen LogP contribution is -2.49. The van der Waals surface area contributed by atoms with Crippen LogP contribution in [0, 0.1) is 0 Å². The van der Waals surface area contributed by atoms with Crippen molar-refractivity contribution in [2.75, 3.05) is 11.4 Å². The molecular formula is C7H7N5S. The molecule has 0 aromatic carbocycles. The third-order valence-corrected chi connectivity index (χ3v) is 2.52. The standard InChI is InChI=1S/C7H7N5S/c13-6-4-5(10-3-9-4)12-2-1-8-7(12)11-6/h1,3,7H,2H2,(H,9,10)(H,11,13). The maximum atomic E-state index is 5.16. The Balaban J connectivity index is 2.14. The van der Waals surface area contributed by atoms with Crippen LogP contribution in [0.2, 0.25) is 0 Å². The van der Waals surface area contributed by atoms with Gasteiger partial charge in [-0.3, -0.25) is 4.99 Å². The molecule has 0 spiro atoms. The molecule has 1 atom stereocenters. The summed E-state index contributed by atoms with van der Waals surface area (Å²) in [6, 6.07) is 0. The Morgan fingerprint density at radius 2 is 2.54 bits per heavy atom. The van der Waals surface area contributed by atoms with Crippen molar-refractivity contribution in [3.05, 3.63) is 12.0 Å². The van der Waals surface area contributed by atoms with Crippen LogP contribution >= 0.6 is 12.2 Å². The van der Waals surface area contributed by atoms with E-state index >= 15 is 0 Å². The van der Waals surface area contributed by atoms with Crippen molar-refractivity contribution in [1.82, 2.24) is 15.3 Å². The number of fused-ring (bicyclic) bond motifs is 3. The molecule has 1 aromatic rings. The zero-order valence-electron chi connectivity index (χ0n) is 6.69. The summed E-state index contributed by atoms with van der Waals surface area (Å²) >= 11 is 5.16. The molecule has 0 radical (unpaired) electrons. The van der Waals surface area contributed by atoms with Gasteiger partial charge in [-0.05, 0) is 0 Å². The first-order chi connectivity index (χ1) is 6.36. The highest BCUT2D eigenvalue weighted by Crippen LogP contribution is 2.24. The van der Waals surface area contributed by atoms with E-state index in [4.69, 9.17) is 12.2 Å². The van der Waals surface area contributed by atoms with Gasteiger partial charge in [0.1, 0.15) is 10.7 Å². The van der Waals surface area contributed by atoms with Crippen LogP contribution in [0.4, 0.5) is 5.82 Å². The van der Waals surface area contributed by atoms with Crippen LogP contribution in [0.5, 0.6) is 0 Å². The molecule has 1 aromatic heterocycles. The fraction of sp³-hybridized carbons (Fsp3) is 0.286. The lowest BCUT2D eigenvalue weighted by Gasteiger charge is -2.29. The molecule has 2 aliphatic rings. The molecular weight excluding hydrogens is 186 g/mol. The summed E-state index contributed by atoms with van der Waals surface area (Å²) in [5.41, 5.74) is 0.886. The third-order valence-electron chi connectivity index (χ3n) is 2.20. The topological polar surface area (TPSA) is 56.3 Å². The van der Waals surface area contributed by atoms with Crippen LogP contribution in [-0.2, 0) is 0 Å². The van der Waals surface area contributed by atoms with Crippen LogP contribution in [0.15, 0.2) is 11.3 Å². The Bertz CT molecular complexity index is 395. The second kappa shape index (κ2) is 2.29. The minimum absolute atomic E-state index is 0.0525. The van der Waals surface area contributed by atoms with Crippen molar-refractivity contribution in [3.63, 3.8) is 0 Å². The van der Waals surface area contributed by atoms with Gasteiger partial charge in [-0.2, -0.15) is 0 Å². The van der Waals surface area contributed by atoms with Gasteiger partial charge in [-0.15, -0.1) is 0 Å². The van der Waals surface area contributed by atoms with E-state index in [1.165, 1.54) is 0 Å². The molecule has 13 heavy (non-hydrogen) atoms. The summed E-state index contributed by atoms with van der Waals surface area (Å²) in [4.78, 5) is 14.2. The van der Waals surface area contributed by atoms with E-state index in [0.717, 1.165) is 18.1 Å². The second-order valence-corrected chi connectivity index (χ2v) is 3.34. The maximum absolute atomic E-state index is 5.16. The van der Waals surface area contributed by atoms with Crippen LogP contribution in [0.25, 0.3) is 0 Å². The van der Waals surface area contributed by atoms with Gasteiger partial charge in [0.05, 0.1) is 12.9 Å². The number of anilines is 1. The second-order valence-electron chi connectivity index (χ2n) is 2.93. The monoisotopic (exact) mass is 193 g/mol. The average Bonchev–Trinajstić information content (AvgIpc) is 2.66. The number of nitrogens with one attached hydrogen (secondary N) is 2. The van der Waals surface area contributed by atoms with Crippen molar-refractivity contribution in [3.8, 4) is 0 Å². The predicted octanol–water partition coefficient (Wildman–Crippen LogP) is -0.137. The number of hydrogen-bond acceptors (Lipinski definition) is 4. The minimum Gasteiger partial charge on any atom is -0.341 e. The first-order valence-corrected chi connectivity index (χ1v) is 4.39. The minimum atomic E-state index is -0.0525. The Kier molecular flexibility index (Phi) is 1.24. The predicted molar refractivity (Wildman–Crippen MR) is 53.0 cm³/mol. The Morgan fingerprint density at radius 1 is 1.62 bits per heavy atom. The first-order valence-electron chi connectivity index (χ1n) is 3.99. The largest absolute Gasteiger partial charge is 0.341 e. The number of nitrogens with zero attached hydrogens (tertiary/aromatic N) is 3. The molecule has 0 bridgehead atoms. The zero-order chi connectivity index (χ0) is 8.84. The molecule has 0 fully saturated rings. The van der Waals surface area contributed by atoms with Gasteiger partial charge in [-0.25, -0.2) is 4.98 Å².